The van der Waals surface area contributed by atoms with Crippen molar-refractivity contribution in [2.45, 2.75) is 12.8 Å². The van der Waals surface area contributed by atoms with Crippen molar-refractivity contribution in [1.29, 1.82) is 0 Å². The maximum atomic E-state index is 12.2. The van der Waals surface area contributed by atoms with Gasteiger partial charge in [-0.25, -0.2) is 4.57 Å². The highest BCUT2D eigenvalue weighted by molar-refractivity contribution is 7.48. The lowest BCUT2D eigenvalue weighted by Gasteiger charge is -2.17. The van der Waals surface area contributed by atoms with E-state index >= 15 is 0 Å². The molecule has 1 atom stereocenters. The maximum Gasteiger partial charge on any atom is 0.475 e. The van der Waals surface area contributed by atoms with E-state index in [1.807, 2.05) is 0 Å². The number of phosphoric acid groups is 1. The number of carboxylic acid groups (broad SMARTS) is 1. The summed E-state index contributed by atoms with van der Waals surface area (Å²) >= 11 is 0. The Labute approximate surface area is 141 Å². The molecule has 0 aromatic heterocycles. The molecule has 136 valence electrons. The highest BCUT2D eigenvalue weighted by atomic mass is 31.2. The van der Waals surface area contributed by atoms with E-state index in [0.29, 0.717) is 0 Å². The van der Waals surface area contributed by atoms with Crippen molar-refractivity contribution in [3.05, 3.63) is 38.0 Å². The standard InChI is InChI=1S/C15H23O8P/c1-4-9-20-15(18)13(14(16)17)8-7-12-23-24(19,21-10-5-2)22-11-6-3/h4-6,13H,1-3,7-12H2,(H,16,17). The van der Waals surface area contributed by atoms with Gasteiger partial charge in [0.2, 0.25) is 0 Å². The molecule has 0 aliphatic rings. The van der Waals surface area contributed by atoms with Gasteiger partial charge in [0, 0.05) is 0 Å². The average molecular weight is 362 g/mol. The monoisotopic (exact) mass is 362 g/mol. The van der Waals surface area contributed by atoms with Gasteiger partial charge < -0.3 is 9.84 Å². The van der Waals surface area contributed by atoms with Crippen molar-refractivity contribution < 1.29 is 37.6 Å². The van der Waals surface area contributed by atoms with Crippen molar-refractivity contribution in [2.24, 2.45) is 5.92 Å². The number of esters is 1. The zero-order chi connectivity index (χ0) is 18.4. The van der Waals surface area contributed by atoms with Gasteiger partial charge in [0.05, 0.1) is 19.8 Å². The fourth-order valence-electron chi connectivity index (χ4n) is 1.45. The molecule has 0 fully saturated rings. The van der Waals surface area contributed by atoms with Gasteiger partial charge in [0.1, 0.15) is 6.61 Å². The first-order valence-corrected chi connectivity index (χ1v) is 8.62. The van der Waals surface area contributed by atoms with Crippen LogP contribution in [0.2, 0.25) is 0 Å². The minimum atomic E-state index is -3.80. The number of carbonyl (C=O) groups is 2. The Morgan fingerprint density at radius 3 is 2.00 bits per heavy atom. The van der Waals surface area contributed by atoms with Gasteiger partial charge in [0.25, 0.3) is 0 Å². The number of phosphoric ester groups is 1. The Bertz CT molecular complexity index is 472. The topological polar surface area (TPSA) is 108 Å². The number of rotatable bonds is 15. The van der Waals surface area contributed by atoms with E-state index in [-0.39, 0.29) is 39.3 Å². The molecule has 0 rings (SSSR count). The predicted octanol–water partition coefficient (Wildman–Crippen LogP) is 2.73. The van der Waals surface area contributed by atoms with Crippen molar-refractivity contribution in [3.8, 4) is 0 Å². The molecule has 0 amide bonds. The van der Waals surface area contributed by atoms with Gasteiger partial charge in [-0.3, -0.25) is 23.2 Å². The minimum Gasteiger partial charge on any atom is -0.481 e. The molecule has 0 bridgehead atoms. The van der Waals surface area contributed by atoms with Crippen molar-refractivity contribution in [2.75, 3.05) is 26.4 Å². The molecule has 1 unspecified atom stereocenters. The molecule has 0 aromatic rings. The summed E-state index contributed by atoms with van der Waals surface area (Å²) < 4.78 is 31.9. The third-order valence-corrected chi connectivity index (χ3v) is 3.94. The first-order valence-electron chi connectivity index (χ1n) is 7.16. The number of carbonyl (C=O) groups excluding carboxylic acids is 1. The van der Waals surface area contributed by atoms with Crippen LogP contribution in [0.1, 0.15) is 12.8 Å². The van der Waals surface area contributed by atoms with Gasteiger partial charge in [0.15, 0.2) is 5.92 Å². The molecule has 0 aliphatic heterocycles. The van der Waals surface area contributed by atoms with Crippen LogP contribution in [0, 0.1) is 5.92 Å². The summed E-state index contributed by atoms with van der Waals surface area (Å²) in [6.45, 7) is 9.95. The molecule has 0 heterocycles. The first kappa shape index (κ1) is 22.3. The van der Waals surface area contributed by atoms with Gasteiger partial charge in [-0.1, -0.05) is 24.8 Å². The Kier molecular flexibility index (Phi) is 11.8. The largest absolute Gasteiger partial charge is 0.481 e. The molecule has 0 saturated carbocycles. The first-order chi connectivity index (χ1) is 11.4. The van der Waals surface area contributed by atoms with Crippen LogP contribution in [0.3, 0.4) is 0 Å². The second kappa shape index (κ2) is 12.7. The molecular weight excluding hydrogens is 339 g/mol. The normalized spacial score (nSPS) is 12.2. The highest BCUT2D eigenvalue weighted by Crippen LogP contribution is 2.49. The quantitative estimate of drug-likeness (QED) is 0.156. The SMILES string of the molecule is C=CCOC(=O)C(CCCOP(=O)(OCC=C)OCC=C)C(=O)O. The van der Waals surface area contributed by atoms with E-state index in [2.05, 4.69) is 19.7 Å². The van der Waals surface area contributed by atoms with E-state index in [4.69, 9.17) is 23.4 Å². The molecule has 0 spiro atoms. The van der Waals surface area contributed by atoms with Crippen LogP contribution in [-0.2, 0) is 32.5 Å². The summed E-state index contributed by atoms with van der Waals surface area (Å²) in [7, 11) is -3.80. The molecule has 8 nitrogen and oxygen atoms in total. The summed E-state index contributed by atoms with van der Waals surface area (Å²) in [5, 5.41) is 9.04. The van der Waals surface area contributed by atoms with E-state index in [1.165, 1.54) is 18.2 Å². The van der Waals surface area contributed by atoms with Crippen LogP contribution in [0.5, 0.6) is 0 Å². The number of carboxylic acids is 1. The number of hydrogen-bond donors (Lipinski definition) is 1. The molecule has 0 radical (unpaired) electrons. The van der Waals surface area contributed by atoms with E-state index in [1.54, 1.807) is 0 Å². The van der Waals surface area contributed by atoms with Crippen molar-refractivity contribution in [3.63, 3.8) is 0 Å². The van der Waals surface area contributed by atoms with Crippen LogP contribution in [0.4, 0.5) is 0 Å². The van der Waals surface area contributed by atoms with E-state index in [9.17, 15) is 14.2 Å². The third-order valence-electron chi connectivity index (χ3n) is 2.51. The smallest absolute Gasteiger partial charge is 0.475 e. The second-order valence-corrected chi connectivity index (χ2v) is 6.07. The summed E-state index contributed by atoms with van der Waals surface area (Å²) in [6, 6.07) is 0. The summed E-state index contributed by atoms with van der Waals surface area (Å²) in [5.41, 5.74) is 0. The molecular formula is C15H23O8P. The maximum absolute atomic E-state index is 12.2. The van der Waals surface area contributed by atoms with Crippen molar-refractivity contribution in [1.82, 2.24) is 0 Å². The van der Waals surface area contributed by atoms with Gasteiger partial charge in [-0.2, -0.15) is 0 Å². The Morgan fingerprint density at radius 2 is 1.54 bits per heavy atom. The summed E-state index contributed by atoms with van der Waals surface area (Å²) in [6.07, 6.45) is 4.18. The molecule has 0 aliphatic carbocycles. The highest BCUT2D eigenvalue weighted by Gasteiger charge is 2.29. The lowest BCUT2D eigenvalue weighted by atomic mass is 10.0. The summed E-state index contributed by atoms with van der Waals surface area (Å²) in [4.78, 5) is 22.7. The lowest BCUT2D eigenvalue weighted by molar-refractivity contribution is -0.158. The molecule has 0 saturated heterocycles. The average Bonchev–Trinajstić information content (AvgIpc) is 2.55. The Balaban J connectivity index is 4.45. The molecule has 24 heavy (non-hydrogen) atoms. The molecule has 9 heteroatoms. The fraction of sp³-hybridized carbons (Fsp3) is 0.467. The van der Waals surface area contributed by atoms with Gasteiger partial charge in [-0.05, 0) is 12.8 Å². The number of hydrogen-bond acceptors (Lipinski definition) is 7. The Hall–Kier alpha value is -1.73. The van der Waals surface area contributed by atoms with Gasteiger partial charge in [-0.15, -0.1) is 13.2 Å². The van der Waals surface area contributed by atoms with Crippen LogP contribution < -0.4 is 0 Å². The molecule has 0 aromatic carbocycles. The van der Waals surface area contributed by atoms with E-state index in [0.717, 1.165) is 0 Å². The van der Waals surface area contributed by atoms with Crippen molar-refractivity contribution >= 4 is 19.8 Å². The van der Waals surface area contributed by atoms with Crippen LogP contribution in [-0.4, -0.2) is 43.5 Å². The summed E-state index contributed by atoms with van der Waals surface area (Å²) in [5.74, 6) is -3.51. The Morgan fingerprint density at radius 1 is 1.00 bits per heavy atom. The van der Waals surface area contributed by atoms with Crippen LogP contribution in [0.15, 0.2) is 38.0 Å². The van der Waals surface area contributed by atoms with Gasteiger partial charge >= 0.3 is 19.8 Å². The zero-order valence-corrected chi connectivity index (χ0v) is 14.3. The van der Waals surface area contributed by atoms with Crippen LogP contribution >= 0.6 is 7.82 Å². The number of aliphatic carboxylic acids is 1. The lowest BCUT2D eigenvalue weighted by Crippen LogP contribution is -2.26. The van der Waals surface area contributed by atoms with Crippen LogP contribution in [0.25, 0.3) is 0 Å². The minimum absolute atomic E-state index is 0.0416. The third kappa shape index (κ3) is 9.42. The molecule has 1 N–H and O–H groups in total. The fourth-order valence-corrected chi connectivity index (χ4v) is 2.60. The predicted molar refractivity (Wildman–Crippen MR) is 87.4 cm³/mol. The number of ether oxygens (including phenoxy) is 1. The second-order valence-electron chi connectivity index (χ2n) is 4.40. The van der Waals surface area contributed by atoms with E-state index < -0.39 is 25.7 Å². The zero-order valence-electron chi connectivity index (χ0n) is 13.4.